The van der Waals surface area contributed by atoms with Crippen LogP contribution in [0.15, 0.2) is 73.1 Å². The first-order chi connectivity index (χ1) is 13.7. The molecule has 1 N–H and O–H groups in total. The number of nitrogens with one attached hydrogen (secondary N) is 1. The predicted octanol–water partition coefficient (Wildman–Crippen LogP) is 4.66. The molecular weight excluding hydrogens is 346 g/mol. The van der Waals surface area contributed by atoms with Gasteiger partial charge in [0.15, 0.2) is 0 Å². The van der Waals surface area contributed by atoms with Crippen LogP contribution in [0.5, 0.6) is 0 Å². The number of hydrogen-bond donors (Lipinski definition) is 1. The lowest BCUT2D eigenvalue weighted by Crippen LogP contribution is -2.40. The number of rotatable bonds is 2. The Labute approximate surface area is 163 Å². The monoisotopic (exact) mass is 367 g/mol. The molecule has 0 fully saturated rings. The van der Waals surface area contributed by atoms with E-state index in [1.807, 2.05) is 54.4 Å². The van der Waals surface area contributed by atoms with E-state index in [0.717, 1.165) is 34.3 Å². The first-order valence-electron chi connectivity index (χ1n) is 9.59. The molecule has 1 atom stereocenters. The minimum absolute atomic E-state index is 0.0573. The van der Waals surface area contributed by atoms with Crippen LogP contribution in [0.25, 0.3) is 10.9 Å². The summed E-state index contributed by atoms with van der Waals surface area (Å²) in [4.78, 5) is 23.3. The molecule has 4 heteroatoms. The Hall–Kier alpha value is -3.40. The molecule has 28 heavy (non-hydrogen) atoms. The van der Waals surface area contributed by atoms with Crippen LogP contribution >= 0.6 is 0 Å². The molecule has 0 saturated carbocycles. The van der Waals surface area contributed by atoms with E-state index in [1.54, 1.807) is 6.20 Å². The lowest BCUT2D eigenvalue weighted by molar-refractivity contribution is 0.0691. The van der Waals surface area contributed by atoms with Gasteiger partial charge in [0.25, 0.3) is 5.91 Å². The van der Waals surface area contributed by atoms with Gasteiger partial charge >= 0.3 is 0 Å². The highest BCUT2D eigenvalue weighted by Gasteiger charge is 2.35. The van der Waals surface area contributed by atoms with E-state index in [9.17, 15) is 4.79 Å². The molecule has 5 rings (SSSR count). The number of H-pyrrole nitrogens is 1. The molecular formula is C24H21N3O. The molecule has 0 spiro atoms. The maximum absolute atomic E-state index is 13.5. The number of benzene rings is 2. The highest BCUT2D eigenvalue weighted by atomic mass is 16.2. The number of fused-ring (bicyclic) bond motifs is 3. The van der Waals surface area contributed by atoms with E-state index in [-0.39, 0.29) is 11.9 Å². The molecule has 2 aromatic carbocycles. The van der Waals surface area contributed by atoms with Gasteiger partial charge in [0.1, 0.15) is 0 Å². The Morgan fingerprint density at radius 3 is 2.82 bits per heavy atom. The molecule has 4 nitrogen and oxygen atoms in total. The molecule has 3 heterocycles. The van der Waals surface area contributed by atoms with Crippen molar-refractivity contribution in [1.29, 1.82) is 0 Å². The van der Waals surface area contributed by atoms with Crippen molar-refractivity contribution in [3.05, 3.63) is 101 Å². The molecule has 4 aromatic rings. The Morgan fingerprint density at radius 1 is 1.11 bits per heavy atom. The van der Waals surface area contributed by atoms with Crippen molar-refractivity contribution in [2.24, 2.45) is 0 Å². The van der Waals surface area contributed by atoms with Crippen LogP contribution in [0.1, 0.15) is 38.8 Å². The molecule has 0 unspecified atom stereocenters. The fourth-order valence-electron chi connectivity index (χ4n) is 4.29. The van der Waals surface area contributed by atoms with Gasteiger partial charge in [-0.15, -0.1) is 0 Å². The van der Waals surface area contributed by atoms with Crippen molar-refractivity contribution >= 4 is 16.8 Å². The highest BCUT2D eigenvalue weighted by molar-refractivity contribution is 5.95. The van der Waals surface area contributed by atoms with Gasteiger partial charge in [-0.05, 0) is 48.7 Å². The quantitative estimate of drug-likeness (QED) is 0.560. The zero-order chi connectivity index (χ0) is 19.1. The number of pyridine rings is 1. The summed E-state index contributed by atoms with van der Waals surface area (Å²) >= 11 is 0. The standard InChI is InChI=1S/C24H21N3O/c1-16-6-4-7-17(14-16)24(28)27-13-11-20-19-9-2-3-10-21(19)26-22(20)23(27)18-8-5-12-25-15-18/h2-10,12,14-15,23,26H,11,13H2,1H3/t23-/m0/s1. The van der Waals surface area contributed by atoms with Gasteiger partial charge in [-0.1, -0.05) is 42.0 Å². The van der Waals surface area contributed by atoms with Crippen LogP contribution in [0.3, 0.4) is 0 Å². The summed E-state index contributed by atoms with van der Waals surface area (Å²) in [6.45, 7) is 2.70. The van der Waals surface area contributed by atoms with Crippen molar-refractivity contribution in [2.45, 2.75) is 19.4 Å². The van der Waals surface area contributed by atoms with Gasteiger partial charge in [-0.25, -0.2) is 0 Å². The Balaban J connectivity index is 1.66. The second kappa shape index (κ2) is 6.64. The van der Waals surface area contributed by atoms with Crippen LogP contribution in [-0.2, 0) is 6.42 Å². The lowest BCUT2D eigenvalue weighted by Gasteiger charge is -2.36. The molecule has 1 amide bonds. The Morgan fingerprint density at radius 2 is 2.00 bits per heavy atom. The van der Waals surface area contributed by atoms with E-state index >= 15 is 0 Å². The van der Waals surface area contributed by atoms with E-state index in [1.165, 1.54) is 10.9 Å². The van der Waals surface area contributed by atoms with E-state index in [2.05, 4.69) is 34.2 Å². The van der Waals surface area contributed by atoms with Gasteiger partial charge in [0.05, 0.1) is 6.04 Å². The Kier molecular flexibility index (Phi) is 3.97. The number of aromatic nitrogens is 2. The van der Waals surface area contributed by atoms with Crippen LogP contribution in [-0.4, -0.2) is 27.3 Å². The predicted molar refractivity (Wildman–Crippen MR) is 110 cm³/mol. The molecule has 1 aliphatic rings. The van der Waals surface area contributed by atoms with Crippen molar-refractivity contribution in [3.63, 3.8) is 0 Å². The molecule has 0 saturated heterocycles. The van der Waals surface area contributed by atoms with Crippen LogP contribution in [0.4, 0.5) is 0 Å². The summed E-state index contributed by atoms with van der Waals surface area (Å²) in [6, 6.07) is 20.0. The number of aryl methyl sites for hydroxylation is 1. The number of hydrogen-bond acceptors (Lipinski definition) is 2. The van der Waals surface area contributed by atoms with Crippen LogP contribution in [0.2, 0.25) is 0 Å². The molecule has 1 aliphatic heterocycles. The highest BCUT2D eigenvalue weighted by Crippen LogP contribution is 2.38. The molecule has 2 aromatic heterocycles. The zero-order valence-electron chi connectivity index (χ0n) is 15.7. The second-order valence-corrected chi connectivity index (χ2v) is 7.37. The summed E-state index contributed by atoms with van der Waals surface area (Å²) in [5.41, 5.74) is 6.36. The van der Waals surface area contributed by atoms with Gasteiger partial charge in [0.2, 0.25) is 0 Å². The number of carbonyl (C=O) groups excluding carboxylic acids is 1. The van der Waals surface area contributed by atoms with Gasteiger partial charge in [0, 0.05) is 41.1 Å². The minimum Gasteiger partial charge on any atom is -0.356 e. The fourth-order valence-corrected chi connectivity index (χ4v) is 4.29. The average Bonchev–Trinajstić information content (AvgIpc) is 3.12. The fraction of sp³-hybridized carbons (Fsp3) is 0.167. The molecule has 0 aliphatic carbocycles. The first kappa shape index (κ1) is 16.8. The third-order valence-corrected chi connectivity index (χ3v) is 5.56. The van der Waals surface area contributed by atoms with E-state index < -0.39 is 0 Å². The second-order valence-electron chi connectivity index (χ2n) is 7.37. The molecule has 0 radical (unpaired) electrons. The number of para-hydroxylation sites is 1. The van der Waals surface area contributed by atoms with Crippen LogP contribution in [0, 0.1) is 6.92 Å². The molecule has 138 valence electrons. The third-order valence-electron chi connectivity index (χ3n) is 5.56. The third kappa shape index (κ3) is 2.69. The maximum atomic E-state index is 13.5. The first-order valence-corrected chi connectivity index (χ1v) is 9.59. The van der Waals surface area contributed by atoms with E-state index in [0.29, 0.717) is 6.54 Å². The summed E-state index contributed by atoms with van der Waals surface area (Å²) in [5.74, 6) is 0.0573. The SMILES string of the molecule is Cc1cccc(C(=O)N2CCc3c([nH]c4ccccc34)[C@@H]2c2cccnc2)c1. The maximum Gasteiger partial charge on any atom is 0.254 e. The summed E-state index contributed by atoms with van der Waals surface area (Å²) in [6.07, 6.45) is 4.47. The van der Waals surface area contributed by atoms with Gasteiger partial charge < -0.3 is 9.88 Å². The van der Waals surface area contributed by atoms with Crippen molar-refractivity contribution in [1.82, 2.24) is 14.9 Å². The minimum atomic E-state index is -0.169. The van der Waals surface area contributed by atoms with Crippen LogP contribution < -0.4 is 0 Å². The van der Waals surface area contributed by atoms with Crippen molar-refractivity contribution in [2.75, 3.05) is 6.54 Å². The normalized spacial score (nSPS) is 16.2. The van der Waals surface area contributed by atoms with Gasteiger partial charge in [-0.2, -0.15) is 0 Å². The number of carbonyl (C=O) groups is 1. The van der Waals surface area contributed by atoms with Crippen molar-refractivity contribution in [3.8, 4) is 0 Å². The smallest absolute Gasteiger partial charge is 0.254 e. The number of aromatic amines is 1. The van der Waals surface area contributed by atoms with E-state index in [4.69, 9.17) is 0 Å². The number of amides is 1. The topological polar surface area (TPSA) is 49.0 Å². The Bertz CT molecular complexity index is 1160. The summed E-state index contributed by atoms with van der Waals surface area (Å²) in [5, 5.41) is 1.24. The summed E-state index contributed by atoms with van der Waals surface area (Å²) < 4.78 is 0. The molecule has 0 bridgehead atoms. The van der Waals surface area contributed by atoms with Gasteiger partial charge in [-0.3, -0.25) is 9.78 Å². The summed E-state index contributed by atoms with van der Waals surface area (Å²) in [7, 11) is 0. The zero-order valence-corrected chi connectivity index (χ0v) is 15.7. The number of nitrogens with zero attached hydrogens (tertiary/aromatic N) is 2. The van der Waals surface area contributed by atoms with Crippen molar-refractivity contribution < 1.29 is 4.79 Å². The largest absolute Gasteiger partial charge is 0.356 e. The lowest BCUT2D eigenvalue weighted by atomic mass is 9.92. The average molecular weight is 367 g/mol.